The summed E-state index contributed by atoms with van der Waals surface area (Å²) in [6.45, 7) is 12.7. The van der Waals surface area contributed by atoms with E-state index in [-0.39, 0.29) is 29.3 Å². The summed E-state index contributed by atoms with van der Waals surface area (Å²) in [5.74, 6) is 0. The average molecular weight is 411 g/mol. The van der Waals surface area contributed by atoms with Crippen molar-refractivity contribution < 1.29 is 14.9 Å². The molecule has 3 heteroatoms. The van der Waals surface area contributed by atoms with Crippen molar-refractivity contribution in [2.24, 2.45) is 5.41 Å². The molecule has 30 heavy (non-hydrogen) atoms. The smallest absolute Gasteiger partial charge is 0.121 e. The molecule has 3 nitrogen and oxygen atoms in total. The van der Waals surface area contributed by atoms with E-state index < -0.39 is 0 Å². The van der Waals surface area contributed by atoms with Gasteiger partial charge in [0.2, 0.25) is 0 Å². The molecule has 0 aromatic carbocycles. The van der Waals surface area contributed by atoms with Gasteiger partial charge in [-0.3, -0.25) is 0 Å². The zero-order valence-electron chi connectivity index (χ0n) is 19.4. The van der Waals surface area contributed by atoms with Gasteiger partial charge in [0.05, 0.1) is 12.7 Å². The number of ether oxygens (including phenoxy) is 1. The van der Waals surface area contributed by atoms with E-state index in [9.17, 15) is 5.11 Å². The highest BCUT2D eigenvalue weighted by Gasteiger charge is 2.74. The highest BCUT2D eigenvalue weighted by molar-refractivity contribution is 5.36. The maximum atomic E-state index is 10.2. The Morgan fingerprint density at radius 3 is 2.03 bits per heavy atom. The molecule has 0 bridgehead atoms. The van der Waals surface area contributed by atoms with Gasteiger partial charge in [-0.25, -0.2) is 0 Å². The Kier molecular flexibility index (Phi) is 8.04. The van der Waals surface area contributed by atoms with Crippen LogP contribution in [-0.4, -0.2) is 34.1 Å². The lowest BCUT2D eigenvalue weighted by Gasteiger charge is -2.39. The molecule has 0 aromatic rings. The summed E-state index contributed by atoms with van der Waals surface area (Å²) in [5.41, 5.74) is 2.80. The van der Waals surface area contributed by atoms with E-state index in [2.05, 4.69) is 71.1 Å². The SMILES string of the molecule is CC(/C=C/C=C(C)/C=C/[C@@]12O[C@]1(C)C[C@H](O)CC2(C)C)=C\C=C\C=C(C)\C=C\CO. The van der Waals surface area contributed by atoms with E-state index in [0.717, 1.165) is 23.1 Å². The van der Waals surface area contributed by atoms with Crippen LogP contribution in [0, 0.1) is 5.41 Å². The third kappa shape index (κ3) is 5.81. The monoisotopic (exact) mass is 410 g/mol. The summed E-state index contributed by atoms with van der Waals surface area (Å²) in [6, 6.07) is 0. The van der Waals surface area contributed by atoms with Gasteiger partial charge in [0.25, 0.3) is 0 Å². The fraction of sp³-hybridized carbons (Fsp3) is 0.481. The summed E-state index contributed by atoms with van der Waals surface area (Å²) in [5, 5.41) is 18.9. The molecule has 1 aliphatic heterocycles. The molecule has 0 spiro atoms. The van der Waals surface area contributed by atoms with Crippen LogP contribution in [-0.2, 0) is 4.74 Å². The van der Waals surface area contributed by atoms with Crippen LogP contribution in [0.25, 0.3) is 0 Å². The van der Waals surface area contributed by atoms with Gasteiger partial charge < -0.3 is 14.9 Å². The van der Waals surface area contributed by atoms with Crippen LogP contribution in [0.15, 0.2) is 83.6 Å². The van der Waals surface area contributed by atoms with Crippen molar-refractivity contribution >= 4 is 0 Å². The molecule has 2 N–H and O–H groups in total. The van der Waals surface area contributed by atoms with Gasteiger partial charge in [-0.15, -0.1) is 0 Å². The highest BCUT2D eigenvalue weighted by atomic mass is 16.6. The van der Waals surface area contributed by atoms with Crippen molar-refractivity contribution in [3.63, 3.8) is 0 Å². The van der Waals surface area contributed by atoms with Crippen LogP contribution in [0.4, 0.5) is 0 Å². The van der Waals surface area contributed by atoms with Crippen molar-refractivity contribution in [3.05, 3.63) is 83.6 Å². The van der Waals surface area contributed by atoms with Crippen LogP contribution in [0.2, 0.25) is 0 Å². The van der Waals surface area contributed by atoms with E-state index in [4.69, 9.17) is 9.84 Å². The lowest BCUT2D eigenvalue weighted by molar-refractivity contribution is 0.0515. The van der Waals surface area contributed by atoms with Gasteiger partial charge in [0, 0.05) is 11.8 Å². The molecule has 0 radical (unpaired) electrons. The number of aliphatic hydroxyl groups excluding tert-OH is 2. The van der Waals surface area contributed by atoms with Crippen LogP contribution in [0.1, 0.15) is 54.4 Å². The second kappa shape index (κ2) is 9.91. The van der Waals surface area contributed by atoms with Crippen molar-refractivity contribution in [2.75, 3.05) is 6.61 Å². The van der Waals surface area contributed by atoms with Crippen molar-refractivity contribution in [1.29, 1.82) is 0 Å². The molecule has 164 valence electrons. The Morgan fingerprint density at radius 1 is 0.867 bits per heavy atom. The van der Waals surface area contributed by atoms with Crippen molar-refractivity contribution in [1.82, 2.24) is 0 Å². The predicted molar refractivity (Wildman–Crippen MR) is 126 cm³/mol. The molecule has 1 heterocycles. The first-order chi connectivity index (χ1) is 14.1. The first kappa shape index (κ1) is 24.3. The Morgan fingerprint density at radius 2 is 1.43 bits per heavy atom. The Hall–Kier alpha value is -1.94. The van der Waals surface area contributed by atoms with Gasteiger partial charge in [0.15, 0.2) is 0 Å². The van der Waals surface area contributed by atoms with E-state index in [1.165, 1.54) is 0 Å². The van der Waals surface area contributed by atoms with E-state index in [1.807, 2.05) is 31.2 Å². The Balaban J connectivity index is 1.95. The van der Waals surface area contributed by atoms with E-state index >= 15 is 0 Å². The van der Waals surface area contributed by atoms with Crippen LogP contribution < -0.4 is 0 Å². The molecule has 3 atom stereocenters. The molecule has 2 aliphatic rings. The number of hydrogen-bond donors (Lipinski definition) is 2. The van der Waals surface area contributed by atoms with Gasteiger partial charge in [-0.05, 0) is 40.2 Å². The average Bonchev–Trinajstić information content (AvgIpc) is 3.27. The van der Waals surface area contributed by atoms with Crippen LogP contribution >= 0.6 is 0 Å². The van der Waals surface area contributed by atoms with Crippen LogP contribution in [0.3, 0.4) is 0 Å². The number of allylic oxidation sites excluding steroid dienone is 12. The summed E-state index contributed by atoms with van der Waals surface area (Å²) in [6.07, 6.45) is 23.5. The first-order valence-electron chi connectivity index (χ1n) is 10.8. The first-order valence-corrected chi connectivity index (χ1v) is 10.8. The zero-order valence-corrected chi connectivity index (χ0v) is 19.4. The molecule has 1 aliphatic carbocycles. The third-order valence-electron chi connectivity index (χ3n) is 6.12. The maximum Gasteiger partial charge on any atom is 0.121 e. The number of aliphatic hydroxyl groups is 2. The molecule has 0 amide bonds. The lowest BCUT2D eigenvalue weighted by atomic mass is 9.63. The molecule has 1 saturated heterocycles. The summed E-state index contributed by atoms with van der Waals surface area (Å²) in [7, 11) is 0. The number of rotatable bonds is 8. The quantitative estimate of drug-likeness (QED) is 0.396. The normalized spacial score (nSPS) is 32.7. The topological polar surface area (TPSA) is 53.0 Å². The predicted octanol–water partition coefficient (Wildman–Crippen LogP) is 5.75. The highest BCUT2D eigenvalue weighted by Crippen LogP contribution is 2.66. The number of hydrogen-bond acceptors (Lipinski definition) is 3. The summed E-state index contributed by atoms with van der Waals surface area (Å²) < 4.78 is 6.20. The van der Waals surface area contributed by atoms with Gasteiger partial charge in [-0.1, -0.05) is 91.3 Å². The van der Waals surface area contributed by atoms with Gasteiger partial charge in [0.1, 0.15) is 11.2 Å². The van der Waals surface area contributed by atoms with Gasteiger partial charge >= 0.3 is 0 Å². The van der Waals surface area contributed by atoms with E-state index in [0.29, 0.717) is 6.42 Å². The fourth-order valence-corrected chi connectivity index (χ4v) is 4.50. The second-order valence-electron chi connectivity index (χ2n) is 9.41. The van der Waals surface area contributed by atoms with Crippen LogP contribution in [0.5, 0.6) is 0 Å². The number of epoxide rings is 1. The molecular weight excluding hydrogens is 372 g/mol. The minimum absolute atomic E-state index is 0.0645. The lowest BCUT2D eigenvalue weighted by Crippen LogP contribution is -2.46. The van der Waals surface area contributed by atoms with E-state index in [1.54, 1.807) is 6.08 Å². The summed E-state index contributed by atoms with van der Waals surface area (Å²) >= 11 is 0. The Bertz CT molecular complexity index is 819. The minimum Gasteiger partial charge on any atom is -0.393 e. The van der Waals surface area contributed by atoms with Crippen molar-refractivity contribution in [2.45, 2.75) is 71.7 Å². The molecule has 2 fully saturated rings. The molecule has 2 rings (SSSR count). The number of fused-ring (bicyclic) bond motifs is 1. The van der Waals surface area contributed by atoms with Crippen molar-refractivity contribution in [3.8, 4) is 0 Å². The second-order valence-corrected chi connectivity index (χ2v) is 9.41. The standard InChI is InChI=1S/C27H38O3/c1-21(11-7-8-12-22(2)15-10-18-28)13-9-14-23(3)16-17-27-25(4,5)19-24(29)20-26(27,6)30-27/h7-17,24,28-29H,18-20H2,1-6H3/b8-7+,13-9+,15-10+,17-16+,21-11+,22-12+,23-14+/t24-,26-,27+/m1/s1. The molecule has 1 saturated carbocycles. The maximum absolute atomic E-state index is 10.2. The fourth-order valence-electron chi connectivity index (χ4n) is 4.50. The van der Waals surface area contributed by atoms with Gasteiger partial charge in [-0.2, -0.15) is 0 Å². The Labute approximate surface area is 182 Å². The minimum atomic E-state index is -0.283. The molecule has 0 aromatic heterocycles. The summed E-state index contributed by atoms with van der Waals surface area (Å²) in [4.78, 5) is 0. The third-order valence-corrected chi connectivity index (χ3v) is 6.12. The molecular formula is C27H38O3. The zero-order chi connectivity index (χ0) is 22.4. The largest absolute Gasteiger partial charge is 0.393 e. The molecule has 0 unspecified atom stereocenters.